The lowest BCUT2D eigenvalue weighted by Gasteiger charge is -1.90. The van der Waals surface area contributed by atoms with E-state index in [-0.39, 0.29) is 0 Å². The van der Waals surface area contributed by atoms with Gasteiger partial charge in [-0.15, -0.1) is 0 Å². The summed E-state index contributed by atoms with van der Waals surface area (Å²) in [5, 5.41) is 8.14. The third kappa shape index (κ3) is 29.0. The van der Waals surface area contributed by atoms with E-state index >= 15 is 0 Å². The molecule has 44 valence electrons. The minimum absolute atomic E-state index is 0.306. The third-order valence-electron chi connectivity index (χ3n) is 0.365. The minimum atomic E-state index is 0.306. The highest BCUT2D eigenvalue weighted by molar-refractivity contribution is 4.32. The normalized spacial score (nSPS) is 7.43. The summed E-state index contributed by atoms with van der Waals surface area (Å²) in [7, 11) is 0. The van der Waals surface area contributed by atoms with Crippen molar-refractivity contribution in [1.29, 1.82) is 5.59 Å². The summed E-state index contributed by atoms with van der Waals surface area (Å²) < 4.78 is 0. The molecule has 2 N–H and O–H groups in total. The number of nitroso groups, excluding NO2 is 1. The first-order valence-corrected chi connectivity index (χ1v) is 2.08. The van der Waals surface area contributed by atoms with Crippen LogP contribution in [0.4, 0.5) is 0 Å². The molecular weight excluding hydrogens is 94.0 g/mol. The smallest absolute Gasteiger partial charge is 0.0453 e. The van der Waals surface area contributed by atoms with E-state index in [1.165, 1.54) is 0 Å². The standard InChI is InChI=1S/C4H10O.HNO/c1-4(2)3-5;1-2/h4-5H,3H2,1-2H3;1H. The van der Waals surface area contributed by atoms with Crippen molar-refractivity contribution >= 4 is 0 Å². The van der Waals surface area contributed by atoms with Gasteiger partial charge in [-0.2, -0.15) is 4.91 Å². The fourth-order valence-electron chi connectivity index (χ4n) is 0. The summed E-state index contributed by atoms with van der Waals surface area (Å²) in [4.78, 5) is 7.50. The van der Waals surface area contributed by atoms with Crippen molar-refractivity contribution in [2.24, 2.45) is 5.92 Å². The van der Waals surface area contributed by atoms with Crippen LogP contribution in [0.3, 0.4) is 0 Å². The van der Waals surface area contributed by atoms with E-state index in [9.17, 15) is 0 Å². The molecule has 0 bridgehead atoms. The Morgan fingerprint density at radius 3 is 1.71 bits per heavy atom. The maximum absolute atomic E-state index is 8.14. The SMILES string of the molecule is CC(C)CO.N=O. The number of aliphatic hydroxyl groups is 1. The highest BCUT2D eigenvalue weighted by Crippen LogP contribution is 1.83. The molecule has 0 rings (SSSR count). The molecule has 0 saturated heterocycles. The second kappa shape index (κ2) is 9.12. The zero-order valence-electron chi connectivity index (χ0n) is 4.64. The maximum atomic E-state index is 8.14. The second-order valence-corrected chi connectivity index (χ2v) is 1.58. The Bertz CT molecular complexity index is 30.9. The monoisotopic (exact) mass is 105 g/mol. The largest absolute Gasteiger partial charge is 0.396 e. The molecule has 3 nitrogen and oxygen atoms in total. The van der Waals surface area contributed by atoms with Gasteiger partial charge in [0, 0.05) is 6.61 Å². The summed E-state index contributed by atoms with van der Waals surface area (Å²) in [6.45, 7) is 4.25. The number of nitrogens with one attached hydrogen (secondary N) is 1. The topological polar surface area (TPSA) is 61.1 Å². The molecule has 0 aromatic carbocycles. The van der Waals surface area contributed by atoms with E-state index in [2.05, 4.69) is 5.59 Å². The van der Waals surface area contributed by atoms with Gasteiger partial charge < -0.3 is 5.11 Å². The van der Waals surface area contributed by atoms with E-state index in [0.29, 0.717) is 12.5 Å². The molecule has 0 aliphatic carbocycles. The second-order valence-electron chi connectivity index (χ2n) is 1.58. The van der Waals surface area contributed by atoms with Gasteiger partial charge in [0.05, 0.1) is 0 Å². The van der Waals surface area contributed by atoms with Gasteiger partial charge in [0.15, 0.2) is 0 Å². The zero-order chi connectivity index (χ0) is 6.28. The summed E-state index contributed by atoms with van der Waals surface area (Å²) in [5.41, 5.74) is 4.50. The average molecular weight is 105 g/mol. The van der Waals surface area contributed by atoms with Crippen LogP contribution in [0.15, 0.2) is 0 Å². The third-order valence-corrected chi connectivity index (χ3v) is 0.365. The van der Waals surface area contributed by atoms with Crippen LogP contribution < -0.4 is 0 Å². The van der Waals surface area contributed by atoms with Crippen LogP contribution in [0.25, 0.3) is 0 Å². The van der Waals surface area contributed by atoms with Crippen LogP contribution in [0.2, 0.25) is 0 Å². The molecule has 0 aliphatic heterocycles. The van der Waals surface area contributed by atoms with Gasteiger partial charge in [-0.05, 0) is 5.92 Å². The van der Waals surface area contributed by atoms with E-state index in [4.69, 9.17) is 10.0 Å². The Morgan fingerprint density at radius 2 is 1.71 bits per heavy atom. The van der Waals surface area contributed by atoms with Gasteiger partial charge in [0.25, 0.3) is 0 Å². The minimum Gasteiger partial charge on any atom is -0.396 e. The Morgan fingerprint density at radius 1 is 1.57 bits per heavy atom. The predicted molar refractivity (Wildman–Crippen MR) is 28.0 cm³/mol. The van der Waals surface area contributed by atoms with E-state index < -0.39 is 0 Å². The highest BCUT2D eigenvalue weighted by atomic mass is 16.3. The summed E-state index contributed by atoms with van der Waals surface area (Å²) in [6.07, 6.45) is 0. The predicted octanol–water partition coefficient (Wildman–Crippen LogP) is 0.966. The average Bonchev–Trinajstić information content (AvgIpc) is 1.73. The van der Waals surface area contributed by atoms with Crippen molar-refractivity contribution in [1.82, 2.24) is 0 Å². The fourth-order valence-corrected chi connectivity index (χ4v) is 0. The molecule has 0 spiro atoms. The van der Waals surface area contributed by atoms with Crippen LogP contribution in [0, 0.1) is 16.4 Å². The van der Waals surface area contributed by atoms with Crippen LogP contribution in [-0.4, -0.2) is 11.7 Å². The van der Waals surface area contributed by atoms with Crippen molar-refractivity contribution < 1.29 is 5.11 Å². The van der Waals surface area contributed by atoms with Crippen molar-refractivity contribution in [2.45, 2.75) is 13.8 Å². The molecule has 0 atom stereocenters. The summed E-state index contributed by atoms with van der Waals surface area (Å²) in [5.74, 6) is 0.440. The molecule has 0 amide bonds. The quantitative estimate of drug-likeness (QED) is 0.488. The Hall–Kier alpha value is -0.440. The van der Waals surface area contributed by atoms with Crippen LogP contribution in [0.1, 0.15) is 13.8 Å². The Kier molecular flexibility index (Phi) is 12.7. The van der Waals surface area contributed by atoms with Gasteiger partial charge >= 0.3 is 0 Å². The zero-order valence-corrected chi connectivity index (χ0v) is 4.64. The lowest BCUT2D eigenvalue weighted by molar-refractivity contribution is 0.248. The van der Waals surface area contributed by atoms with Gasteiger partial charge in [0.1, 0.15) is 0 Å². The molecule has 0 fully saturated rings. The number of aliphatic hydroxyl groups excluding tert-OH is 1. The van der Waals surface area contributed by atoms with E-state index in [0.717, 1.165) is 0 Å². The van der Waals surface area contributed by atoms with E-state index in [1.807, 2.05) is 13.8 Å². The molecule has 0 aromatic rings. The first-order chi connectivity index (χ1) is 3.27. The fraction of sp³-hybridized carbons (Fsp3) is 1.00. The van der Waals surface area contributed by atoms with Crippen LogP contribution >= 0.6 is 0 Å². The highest BCUT2D eigenvalue weighted by Gasteiger charge is 1.81. The molecule has 7 heavy (non-hydrogen) atoms. The molecule has 3 heteroatoms. The first-order valence-electron chi connectivity index (χ1n) is 2.08. The van der Waals surface area contributed by atoms with E-state index in [1.54, 1.807) is 0 Å². The summed E-state index contributed by atoms with van der Waals surface area (Å²) in [6, 6.07) is 0. The van der Waals surface area contributed by atoms with Crippen molar-refractivity contribution in [3.8, 4) is 0 Å². The molecule has 0 radical (unpaired) electrons. The van der Waals surface area contributed by atoms with Crippen molar-refractivity contribution in [2.75, 3.05) is 6.61 Å². The number of hydrogen-bond donors (Lipinski definition) is 2. The lowest BCUT2D eigenvalue weighted by atomic mass is 10.2. The maximum Gasteiger partial charge on any atom is 0.0453 e. The van der Waals surface area contributed by atoms with Crippen molar-refractivity contribution in [3.05, 3.63) is 4.91 Å². The Labute approximate surface area is 43.1 Å². The van der Waals surface area contributed by atoms with Crippen molar-refractivity contribution in [3.63, 3.8) is 0 Å². The number of hydrogen-bond acceptors (Lipinski definition) is 3. The van der Waals surface area contributed by atoms with Gasteiger partial charge in [0.2, 0.25) is 0 Å². The molecule has 0 saturated carbocycles. The van der Waals surface area contributed by atoms with Gasteiger partial charge in [-0.25, -0.2) is 0 Å². The molecule has 0 aliphatic rings. The van der Waals surface area contributed by atoms with Gasteiger partial charge in [-0.1, -0.05) is 19.4 Å². The lowest BCUT2D eigenvalue weighted by Crippen LogP contribution is -1.90. The number of rotatable bonds is 1. The molecule has 0 unspecified atom stereocenters. The molecular formula is C4H11NO2. The van der Waals surface area contributed by atoms with Gasteiger partial charge in [-0.3, -0.25) is 0 Å². The summed E-state index contributed by atoms with van der Waals surface area (Å²) >= 11 is 0. The molecule has 0 heterocycles. The molecule has 0 aromatic heterocycles. The first kappa shape index (κ1) is 9.75. The van der Waals surface area contributed by atoms with Crippen LogP contribution in [-0.2, 0) is 0 Å². The Balaban J connectivity index is 0. The van der Waals surface area contributed by atoms with Crippen LogP contribution in [0.5, 0.6) is 0 Å².